The molecule has 0 bridgehead atoms. The molecule has 0 atom stereocenters. The first kappa shape index (κ1) is 21.0. The number of rotatable bonds is 3. The van der Waals surface area contributed by atoms with Gasteiger partial charge in [0, 0.05) is 6.42 Å². The lowest BCUT2D eigenvalue weighted by Crippen LogP contribution is -3.04. The fourth-order valence-corrected chi connectivity index (χ4v) is 3.59. The second-order valence-electron chi connectivity index (χ2n) is 7.40. The minimum Gasteiger partial charge on any atom is -1.00 e. The summed E-state index contributed by atoms with van der Waals surface area (Å²) in [6.45, 7) is 3.52. The van der Waals surface area contributed by atoms with Gasteiger partial charge in [0.15, 0.2) is 17.1 Å². The molecule has 0 unspecified atom stereocenters. The molecule has 0 radical (unpaired) electrons. The molecule has 6 nitrogen and oxygen atoms in total. The minimum atomic E-state index is -0.122. The van der Waals surface area contributed by atoms with Crippen LogP contribution in [0.15, 0.2) is 39.5 Å². The Labute approximate surface area is 175 Å². The number of aryl methyl sites for hydroxylation is 1. The lowest BCUT2D eigenvalue weighted by molar-refractivity contribution is -0.872. The zero-order valence-electron chi connectivity index (χ0n) is 16.7. The highest BCUT2D eigenvalue weighted by Crippen LogP contribution is 2.35. The molecular weight excluding hydrogens is 394 g/mol. The SMILES string of the molecule is Cc1oc2c(C[NH+](C)C)c(O)ccc2c(=O)c1-c1ccc2c(c1)OCCCO2.[Cl-]. The van der Waals surface area contributed by atoms with Crippen molar-refractivity contribution in [3.05, 3.63) is 51.9 Å². The van der Waals surface area contributed by atoms with E-state index in [-0.39, 0.29) is 23.6 Å². The van der Waals surface area contributed by atoms with Gasteiger partial charge in [-0.25, -0.2) is 0 Å². The summed E-state index contributed by atoms with van der Waals surface area (Å²) in [5.74, 6) is 1.97. The molecule has 0 aliphatic carbocycles. The number of nitrogens with one attached hydrogen (secondary N) is 1. The Bertz CT molecular complexity index is 1110. The predicted molar refractivity (Wildman–Crippen MR) is 106 cm³/mol. The van der Waals surface area contributed by atoms with E-state index in [1.165, 1.54) is 0 Å². The van der Waals surface area contributed by atoms with E-state index in [2.05, 4.69) is 0 Å². The minimum absolute atomic E-state index is 0. The van der Waals surface area contributed by atoms with Gasteiger partial charge in [-0.15, -0.1) is 0 Å². The van der Waals surface area contributed by atoms with E-state index in [1.807, 2.05) is 32.3 Å². The number of hydrogen-bond donors (Lipinski definition) is 2. The molecule has 0 amide bonds. The van der Waals surface area contributed by atoms with Crippen LogP contribution in [0.5, 0.6) is 17.2 Å². The van der Waals surface area contributed by atoms with Crippen molar-refractivity contribution < 1.29 is 36.3 Å². The van der Waals surface area contributed by atoms with Gasteiger partial charge in [0.2, 0.25) is 5.43 Å². The molecular formula is C22H24ClNO5. The summed E-state index contributed by atoms with van der Waals surface area (Å²) in [5, 5.41) is 10.7. The molecule has 4 rings (SSSR count). The number of quaternary nitrogens is 1. The number of aromatic hydroxyl groups is 1. The standard InChI is InChI=1S/C22H23NO5.ClH/c1-13-20(14-5-8-18-19(11-14)27-10-4-9-26-18)21(25)15-6-7-17(24)16(12-23(2)3)22(15)28-13;/h5-8,11,24H,4,9-10,12H2,1-3H3;1H. The number of phenolic OH excluding ortho intramolecular Hbond substituents is 1. The number of benzene rings is 2. The van der Waals surface area contributed by atoms with E-state index >= 15 is 0 Å². The molecule has 2 aromatic carbocycles. The maximum Gasteiger partial charge on any atom is 0.200 e. The molecule has 3 aromatic rings. The van der Waals surface area contributed by atoms with Crippen molar-refractivity contribution in [1.82, 2.24) is 0 Å². The lowest BCUT2D eigenvalue weighted by atomic mass is 10.0. The third-order valence-electron chi connectivity index (χ3n) is 4.88. The molecule has 2 heterocycles. The summed E-state index contributed by atoms with van der Waals surface area (Å²) in [5.41, 5.74) is 2.19. The van der Waals surface area contributed by atoms with Gasteiger partial charge in [0.25, 0.3) is 0 Å². The first-order valence-corrected chi connectivity index (χ1v) is 9.43. The zero-order chi connectivity index (χ0) is 19.8. The van der Waals surface area contributed by atoms with Crippen LogP contribution in [0.3, 0.4) is 0 Å². The molecule has 1 aromatic heterocycles. The van der Waals surface area contributed by atoms with Gasteiger partial charge in [-0.2, -0.15) is 0 Å². The summed E-state index contributed by atoms with van der Waals surface area (Å²) in [6, 6.07) is 8.69. The summed E-state index contributed by atoms with van der Waals surface area (Å²) >= 11 is 0. The predicted octanol–water partition coefficient (Wildman–Crippen LogP) is -0.716. The third-order valence-corrected chi connectivity index (χ3v) is 4.88. The summed E-state index contributed by atoms with van der Waals surface area (Å²) < 4.78 is 17.5. The zero-order valence-corrected chi connectivity index (χ0v) is 17.4. The van der Waals surface area contributed by atoms with Crippen molar-refractivity contribution in [2.45, 2.75) is 19.9 Å². The van der Waals surface area contributed by atoms with Crippen molar-refractivity contribution >= 4 is 11.0 Å². The Balaban J connectivity index is 0.00000240. The monoisotopic (exact) mass is 417 g/mol. The van der Waals surface area contributed by atoms with Crippen molar-refractivity contribution in [2.75, 3.05) is 27.3 Å². The highest BCUT2D eigenvalue weighted by atomic mass is 35.5. The van der Waals surface area contributed by atoms with Crippen LogP contribution < -0.4 is 32.2 Å². The first-order chi connectivity index (χ1) is 13.5. The normalized spacial score (nSPS) is 13.2. The van der Waals surface area contributed by atoms with Gasteiger partial charge < -0.3 is 36.3 Å². The molecule has 0 spiro atoms. The molecule has 7 heteroatoms. The van der Waals surface area contributed by atoms with Crippen LogP contribution in [0.2, 0.25) is 0 Å². The maximum atomic E-state index is 13.3. The van der Waals surface area contributed by atoms with Gasteiger partial charge in [-0.05, 0) is 36.8 Å². The largest absolute Gasteiger partial charge is 1.00 e. The van der Waals surface area contributed by atoms with Gasteiger partial charge in [0.1, 0.15) is 18.1 Å². The van der Waals surface area contributed by atoms with Crippen molar-refractivity contribution in [3.63, 3.8) is 0 Å². The van der Waals surface area contributed by atoms with Gasteiger partial charge >= 0.3 is 0 Å². The van der Waals surface area contributed by atoms with Crippen LogP contribution in [0.4, 0.5) is 0 Å². The summed E-state index contributed by atoms with van der Waals surface area (Å²) in [7, 11) is 3.96. The maximum absolute atomic E-state index is 13.3. The van der Waals surface area contributed by atoms with Crippen LogP contribution >= 0.6 is 0 Å². The van der Waals surface area contributed by atoms with Gasteiger partial charge in [0.05, 0.1) is 43.8 Å². The third kappa shape index (κ3) is 3.91. The molecule has 0 fully saturated rings. The number of fused-ring (bicyclic) bond motifs is 2. The van der Waals surface area contributed by atoms with Gasteiger partial charge in [-0.1, -0.05) is 6.07 Å². The Morgan fingerprint density at radius 2 is 1.79 bits per heavy atom. The van der Waals surface area contributed by atoms with Crippen LogP contribution in [0.25, 0.3) is 22.1 Å². The lowest BCUT2D eigenvalue weighted by Gasteiger charge is -2.14. The van der Waals surface area contributed by atoms with Gasteiger partial charge in [-0.3, -0.25) is 4.79 Å². The Morgan fingerprint density at radius 3 is 2.52 bits per heavy atom. The van der Waals surface area contributed by atoms with Crippen molar-refractivity contribution in [1.29, 1.82) is 0 Å². The quantitative estimate of drug-likeness (QED) is 0.588. The molecule has 0 saturated heterocycles. The Hall–Kier alpha value is -2.70. The smallest absolute Gasteiger partial charge is 0.200 e. The van der Waals surface area contributed by atoms with Crippen LogP contribution in [0, 0.1) is 6.92 Å². The number of phenols is 1. The average Bonchev–Trinajstić information content (AvgIpc) is 2.89. The van der Waals surface area contributed by atoms with E-state index in [1.54, 1.807) is 19.1 Å². The Kier molecular flexibility index (Phi) is 6.05. The summed E-state index contributed by atoms with van der Waals surface area (Å²) in [6.07, 6.45) is 0.821. The van der Waals surface area contributed by atoms with Crippen LogP contribution in [0.1, 0.15) is 17.7 Å². The topological polar surface area (TPSA) is 73.3 Å². The van der Waals surface area contributed by atoms with E-state index < -0.39 is 0 Å². The fourth-order valence-electron chi connectivity index (χ4n) is 3.59. The van der Waals surface area contributed by atoms with E-state index in [9.17, 15) is 9.90 Å². The summed E-state index contributed by atoms with van der Waals surface area (Å²) in [4.78, 5) is 14.4. The molecule has 154 valence electrons. The molecule has 1 aliphatic rings. The van der Waals surface area contributed by atoms with E-state index in [0.29, 0.717) is 59.1 Å². The Morgan fingerprint density at radius 1 is 1.07 bits per heavy atom. The second-order valence-corrected chi connectivity index (χ2v) is 7.40. The highest BCUT2D eigenvalue weighted by Gasteiger charge is 2.20. The van der Waals surface area contributed by atoms with Crippen molar-refractivity contribution in [2.24, 2.45) is 0 Å². The number of ether oxygens (including phenoxy) is 2. The van der Waals surface area contributed by atoms with Crippen molar-refractivity contribution in [3.8, 4) is 28.4 Å². The van der Waals surface area contributed by atoms with Crippen LogP contribution in [-0.2, 0) is 6.54 Å². The molecule has 2 N–H and O–H groups in total. The first-order valence-electron chi connectivity index (χ1n) is 9.43. The van der Waals surface area contributed by atoms with E-state index in [0.717, 1.165) is 16.9 Å². The van der Waals surface area contributed by atoms with E-state index in [4.69, 9.17) is 13.9 Å². The number of hydrogen-bond acceptors (Lipinski definition) is 5. The average molecular weight is 418 g/mol. The fraction of sp³-hybridized carbons (Fsp3) is 0.318. The molecule has 29 heavy (non-hydrogen) atoms. The number of halogens is 1. The highest BCUT2D eigenvalue weighted by molar-refractivity contribution is 5.86. The van der Waals surface area contributed by atoms with Crippen LogP contribution in [-0.4, -0.2) is 32.4 Å². The molecule has 0 saturated carbocycles. The second kappa shape index (κ2) is 8.35. The molecule has 1 aliphatic heterocycles.